The molecule has 0 spiro atoms. The topological polar surface area (TPSA) is 69.4 Å². The molecule has 3 heterocycles. The third kappa shape index (κ3) is 6.57. The number of piperazine rings is 1. The minimum Gasteiger partial charge on any atom is -0.462 e. The molecule has 3 aliphatic rings. The van der Waals surface area contributed by atoms with Gasteiger partial charge in [0.25, 0.3) is 0 Å². The summed E-state index contributed by atoms with van der Waals surface area (Å²) in [5, 5.41) is 1.44. The Bertz CT molecular complexity index is 1620. The number of nitrogens with zero attached hydrogens (tertiary/aromatic N) is 7. The molecule has 2 aliphatic heterocycles. The van der Waals surface area contributed by atoms with Crippen molar-refractivity contribution >= 4 is 28.2 Å². The summed E-state index contributed by atoms with van der Waals surface area (Å²) in [5.41, 5.74) is 2.65. The Hall–Kier alpha value is -4.30. The van der Waals surface area contributed by atoms with E-state index >= 15 is 4.39 Å². The highest BCUT2D eigenvalue weighted by molar-refractivity contribution is 5.95. The lowest BCUT2D eigenvalue weighted by Gasteiger charge is -2.41. The van der Waals surface area contributed by atoms with Gasteiger partial charge >= 0.3 is 6.01 Å². The highest BCUT2D eigenvalue weighted by Gasteiger charge is 2.35. The SMILES string of the molecule is [C-]#[N+]C[C@H]1CN(c2nc(OC[C@@H](C)N(C)C3CC3)nc3c2CCN(c2cccc4cccc(F)c24)C3)CCN1C(=O)/C=C/CF. The predicted molar refractivity (Wildman–Crippen MR) is 171 cm³/mol. The summed E-state index contributed by atoms with van der Waals surface area (Å²) in [6, 6.07) is 11.7. The number of hydrogen-bond donors (Lipinski definition) is 0. The number of rotatable bonds is 10. The van der Waals surface area contributed by atoms with E-state index in [1.54, 1.807) is 11.0 Å². The number of fused-ring (bicyclic) bond motifs is 2. The fraction of sp³-hybridized carbons (Fsp3) is 0.471. The number of carbonyl (C=O) groups excluding carboxylic acids is 1. The lowest BCUT2D eigenvalue weighted by atomic mass is 10.0. The Kier molecular flexibility index (Phi) is 9.12. The van der Waals surface area contributed by atoms with Crippen LogP contribution in [0.5, 0.6) is 6.01 Å². The number of halogens is 2. The Labute approximate surface area is 262 Å². The number of anilines is 2. The summed E-state index contributed by atoms with van der Waals surface area (Å²) in [4.78, 5) is 34.5. The number of alkyl halides is 1. The molecular formula is C34H39F2N7O2. The fourth-order valence-corrected chi connectivity index (χ4v) is 6.45. The van der Waals surface area contributed by atoms with Crippen LogP contribution in [0.15, 0.2) is 48.6 Å². The summed E-state index contributed by atoms with van der Waals surface area (Å²) in [6.45, 7) is 11.9. The zero-order chi connectivity index (χ0) is 31.5. The number of amides is 1. The second-order valence-corrected chi connectivity index (χ2v) is 12.1. The van der Waals surface area contributed by atoms with Crippen molar-refractivity contribution in [1.82, 2.24) is 19.8 Å². The van der Waals surface area contributed by atoms with E-state index < -0.39 is 6.67 Å². The quantitative estimate of drug-likeness (QED) is 0.243. The molecule has 1 saturated heterocycles. The van der Waals surface area contributed by atoms with E-state index in [0.717, 1.165) is 28.1 Å². The summed E-state index contributed by atoms with van der Waals surface area (Å²) < 4.78 is 34.0. The first kappa shape index (κ1) is 30.7. The van der Waals surface area contributed by atoms with Gasteiger partial charge in [0.05, 0.1) is 12.2 Å². The van der Waals surface area contributed by atoms with Crippen LogP contribution >= 0.6 is 0 Å². The van der Waals surface area contributed by atoms with Crippen LogP contribution < -0.4 is 14.5 Å². The molecular weight excluding hydrogens is 576 g/mol. The number of allylic oxidation sites excluding steroid dienone is 1. The largest absolute Gasteiger partial charge is 0.462 e. The van der Waals surface area contributed by atoms with Crippen LogP contribution in [0, 0.1) is 12.4 Å². The number of aromatic nitrogens is 2. The number of carbonyl (C=O) groups is 1. The van der Waals surface area contributed by atoms with Gasteiger partial charge in [0.15, 0.2) is 0 Å². The highest BCUT2D eigenvalue weighted by Crippen LogP contribution is 2.36. The van der Waals surface area contributed by atoms with E-state index in [9.17, 15) is 9.18 Å². The molecule has 1 aromatic heterocycles. The first-order valence-electron chi connectivity index (χ1n) is 15.7. The summed E-state index contributed by atoms with van der Waals surface area (Å²) >= 11 is 0. The van der Waals surface area contributed by atoms with Crippen molar-refractivity contribution in [1.29, 1.82) is 0 Å². The number of likely N-dealkylation sites (N-methyl/N-ethyl adjacent to an activating group) is 1. The minimum atomic E-state index is -0.716. The first-order valence-corrected chi connectivity index (χ1v) is 15.7. The lowest BCUT2D eigenvalue weighted by molar-refractivity contribution is -0.128. The molecule has 0 radical (unpaired) electrons. The first-order chi connectivity index (χ1) is 21.9. The molecule has 2 aromatic carbocycles. The molecule has 9 nitrogen and oxygen atoms in total. The van der Waals surface area contributed by atoms with Gasteiger partial charge in [0, 0.05) is 61.0 Å². The molecule has 1 aliphatic carbocycles. The van der Waals surface area contributed by atoms with Crippen LogP contribution in [-0.2, 0) is 17.8 Å². The zero-order valence-corrected chi connectivity index (χ0v) is 25.8. The Morgan fingerprint density at radius 1 is 1.18 bits per heavy atom. The average molecular weight is 616 g/mol. The molecule has 0 bridgehead atoms. The van der Waals surface area contributed by atoms with E-state index in [1.165, 1.54) is 31.1 Å². The molecule has 6 rings (SSSR count). The minimum absolute atomic E-state index is 0.133. The maximum Gasteiger partial charge on any atom is 0.318 e. The van der Waals surface area contributed by atoms with E-state index in [-0.39, 0.29) is 36.4 Å². The predicted octanol–water partition coefficient (Wildman–Crippen LogP) is 4.66. The van der Waals surface area contributed by atoms with Crippen molar-refractivity contribution in [3.8, 4) is 6.01 Å². The highest BCUT2D eigenvalue weighted by atomic mass is 19.1. The van der Waals surface area contributed by atoms with Gasteiger partial charge in [-0.2, -0.15) is 9.97 Å². The van der Waals surface area contributed by atoms with Gasteiger partial charge in [-0.1, -0.05) is 24.3 Å². The molecule has 2 atom stereocenters. The lowest BCUT2D eigenvalue weighted by Crippen LogP contribution is -2.56. The van der Waals surface area contributed by atoms with Gasteiger partial charge in [-0.05, 0) is 56.8 Å². The molecule has 2 fully saturated rings. The Balaban J connectivity index is 1.31. The molecule has 11 heteroatoms. The van der Waals surface area contributed by atoms with Gasteiger partial charge in [0.1, 0.15) is 31.0 Å². The van der Waals surface area contributed by atoms with Crippen LogP contribution in [0.1, 0.15) is 31.0 Å². The van der Waals surface area contributed by atoms with Crippen LogP contribution in [0.25, 0.3) is 15.6 Å². The van der Waals surface area contributed by atoms with Crippen LogP contribution in [0.3, 0.4) is 0 Å². The van der Waals surface area contributed by atoms with E-state index in [0.29, 0.717) is 57.2 Å². The Morgan fingerprint density at radius 3 is 2.73 bits per heavy atom. The normalized spacial score (nSPS) is 19.2. The summed E-state index contributed by atoms with van der Waals surface area (Å²) in [5.74, 6) is 0.208. The molecule has 0 unspecified atom stereocenters. The van der Waals surface area contributed by atoms with Crippen molar-refractivity contribution in [2.45, 2.75) is 50.9 Å². The third-order valence-corrected chi connectivity index (χ3v) is 9.18. The van der Waals surface area contributed by atoms with Crippen LogP contribution in [-0.4, -0.2) is 96.9 Å². The van der Waals surface area contributed by atoms with Crippen LogP contribution in [0.4, 0.5) is 20.3 Å². The Morgan fingerprint density at radius 2 is 1.98 bits per heavy atom. The van der Waals surface area contributed by atoms with E-state index in [4.69, 9.17) is 21.3 Å². The monoisotopic (exact) mass is 615 g/mol. The second-order valence-electron chi connectivity index (χ2n) is 12.1. The van der Waals surface area contributed by atoms with Crippen molar-refractivity contribution in [3.63, 3.8) is 0 Å². The molecule has 3 aromatic rings. The van der Waals surface area contributed by atoms with Gasteiger partial charge in [-0.15, -0.1) is 0 Å². The second kappa shape index (κ2) is 13.4. The van der Waals surface area contributed by atoms with E-state index in [1.807, 2.05) is 24.3 Å². The average Bonchev–Trinajstić information content (AvgIpc) is 3.91. The van der Waals surface area contributed by atoms with Gasteiger partial charge in [-0.3, -0.25) is 9.69 Å². The smallest absolute Gasteiger partial charge is 0.318 e. The van der Waals surface area contributed by atoms with Crippen molar-refractivity contribution in [3.05, 3.63) is 77.0 Å². The zero-order valence-electron chi connectivity index (χ0n) is 25.8. The molecule has 236 valence electrons. The van der Waals surface area contributed by atoms with Gasteiger partial charge < -0.3 is 24.3 Å². The fourth-order valence-electron chi connectivity index (χ4n) is 6.45. The summed E-state index contributed by atoms with van der Waals surface area (Å²) in [7, 11) is 2.12. The summed E-state index contributed by atoms with van der Waals surface area (Å²) in [6.07, 6.45) is 5.49. The van der Waals surface area contributed by atoms with Crippen molar-refractivity contribution in [2.75, 3.05) is 62.9 Å². The van der Waals surface area contributed by atoms with Crippen LogP contribution in [0.2, 0.25) is 0 Å². The van der Waals surface area contributed by atoms with E-state index in [2.05, 4.69) is 33.5 Å². The number of ether oxygens (including phenoxy) is 1. The number of hydrogen-bond acceptors (Lipinski definition) is 7. The molecule has 45 heavy (non-hydrogen) atoms. The maximum atomic E-state index is 15.1. The van der Waals surface area contributed by atoms with Crippen molar-refractivity contribution in [2.24, 2.45) is 0 Å². The standard InChI is InChI=1S/C34H39F2N7O2/c1-23(40(3)25-12-13-25)22-45-34-38-29-21-41(30-10-5-8-24-7-4-9-28(36)32(24)30)16-14-27(29)33(39-34)42-17-18-43(26(20-42)19-37-2)31(44)11-6-15-35/h4-11,23,25-26H,12-22H2,1,3H3/b11-6+/t23-,26+/m1/s1. The molecule has 1 amide bonds. The molecule has 0 N–H and O–H groups in total. The molecule has 1 saturated carbocycles. The van der Waals surface area contributed by atoms with Gasteiger partial charge in [0.2, 0.25) is 12.5 Å². The number of benzene rings is 2. The van der Waals surface area contributed by atoms with Crippen molar-refractivity contribution < 1.29 is 18.3 Å². The maximum absolute atomic E-state index is 15.1. The van der Waals surface area contributed by atoms with Gasteiger partial charge in [-0.25, -0.2) is 15.4 Å². The third-order valence-electron chi connectivity index (χ3n) is 9.18.